The van der Waals surface area contributed by atoms with Crippen molar-refractivity contribution in [2.24, 2.45) is 5.92 Å². The van der Waals surface area contributed by atoms with E-state index in [4.69, 9.17) is 4.74 Å². The molecule has 1 aliphatic heterocycles. The molecule has 1 aromatic carbocycles. The second-order valence-electron chi connectivity index (χ2n) is 6.60. The van der Waals surface area contributed by atoms with Crippen LogP contribution < -0.4 is 10.1 Å². The van der Waals surface area contributed by atoms with Gasteiger partial charge in [0.25, 0.3) is 5.91 Å². The summed E-state index contributed by atoms with van der Waals surface area (Å²) in [5.74, 6) is -1.60. The molecule has 9 heteroatoms. The number of amides is 1. The second-order valence-corrected chi connectivity index (χ2v) is 8.51. The fourth-order valence-electron chi connectivity index (χ4n) is 3.12. The van der Waals surface area contributed by atoms with Crippen molar-refractivity contribution in [3.63, 3.8) is 0 Å². The Morgan fingerprint density at radius 1 is 1.27 bits per heavy atom. The van der Waals surface area contributed by atoms with Gasteiger partial charge >= 0.3 is 5.97 Å². The fraction of sp³-hybridized carbons (Fsp3) is 0.529. The summed E-state index contributed by atoms with van der Waals surface area (Å²) in [5.41, 5.74) is 0.0930. The van der Waals surface area contributed by atoms with Gasteiger partial charge in [0.1, 0.15) is 16.7 Å². The largest absolute Gasteiger partial charge is 0.495 e. The van der Waals surface area contributed by atoms with E-state index in [9.17, 15) is 23.1 Å². The second kappa shape index (κ2) is 7.24. The first kappa shape index (κ1) is 18.7. The number of rotatable bonds is 7. The molecule has 1 saturated carbocycles. The maximum atomic E-state index is 12.9. The molecule has 1 atom stereocenters. The van der Waals surface area contributed by atoms with Gasteiger partial charge in [-0.1, -0.05) is 0 Å². The summed E-state index contributed by atoms with van der Waals surface area (Å²) in [6.07, 6.45) is 3.11. The average Bonchev–Trinajstić information content (AvgIpc) is 3.29. The van der Waals surface area contributed by atoms with E-state index in [0.717, 1.165) is 25.7 Å². The summed E-state index contributed by atoms with van der Waals surface area (Å²) in [6.45, 7) is 0.870. The number of carboxylic acids is 1. The first-order valence-electron chi connectivity index (χ1n) is 8.56. The molecular weight excluding hydrogens is 360 g/mol. The zero-order chi connectivity index (χ0) is 18.9. The lowest BCUT2D eigenvalue weighted by Crippen LogP contribution is -2.42. The van der Waals surface area contributed by atoms with Crippen LogP contribution in [-0.4, -0.2) is 55.9 Å². The third-order valence-corrected chi connectivity index (χ3v) is 6.67. The summed E-state index contributed by atoms with van der Waals surface area (Å²) in [6, 6.07) is 3.16. The molecule has 3 rings (SSSR count). The first-order chi connectivity index (χ1) is 12.3. The van der Waals surface area contributed by atoms with Crippen LogP contribution in [0.1, 0.15) is 36.0 Å². The summed E-state index contributed by atoms with van der Waals surface area (Å²) in [5, 5.41) is 11.7. The first-order valence-corrected chi connectivity index (χ1v) is 10.0. The van der Waals surface area contributed by atoms with E-state index in [0.29, 0.717) is 13.1 Å². The lowest BCUT2D eigenvalue weighted by Gasteiger charge is -2.19. The van der Waals surface area contributed by atoms with Gasteiger partial charge in [0.15, 0.2) is 0 Å². The molecule has 1 aliphatic carbocycles. The number of ether oxygens (including phenoxy) is 1. The molecule has 0 bridgehead atoms. The minimum absolute atomic E-state index is 0.0671. The molecule has 1 amide bonds. The van der Waals surface area contributed by atoms with Gasteiger partial charge in [0.2, 0.25) is 10.0 Å². The van der Waals surface area contributed by atoms with E-state index in [1.807, 2.05) is 0 Å². The lowest BCUT2D eigenvalue weighted by molar-refractivity contribution is -0.139. The number of carbonyl (C=O) groups is 2. The van der Waals surface area contributed by atoms with E-state index in [1.165, 1.54) is 29.6 Å². The number of nitrogens with zero attached hydrogens (tertiary/aromatic N) is 1. The van der Waals surface area contributed by atoms with Gasteiger partial charge < -0.3 is 15.2 Å². The van der Waals surface area contributed by atoms with E-state index in [2.05, 4.69) is 5.32 Å². The number of sulfonamides is 1. The van der Waals surface area contributed by atoms with Crippen LogP contribution in [0.4, 0.5) is 0 Å². The Kier molecular flexibility index (Phi) is 5.19. The Labute approximate surface area is 152 Å². The van der Waals surface area contributed by atoms with Gasteiger partial charge in [-0.15, -0.1) is 0 Å². The van der Waals surface area contributed by atoms with Crippen molar-refractivity contribution in [1.29, 1.82) is 0 Å². The van der Waals surface area contributed by atoms with Crippen LogP contribution in [0.3, 0.4) is 0 Å². The number of carbonyl (C=O) groups excluding carboxylic acids is 1. The lowest BCUT2D eigenvalue weighted by atomic mass is 10.1. The van der Waals surface area contributed by atoms with Gasteiger partial charge in [-0.2, -0.15) is 4.31 Å². The van der Waals surface area contributed by atoms with Crippen molar-refractivity contribution in [3.05, 3.63) is 23.8 Å². The molecule has 0 radical (unpaired) electrons. The summed E-state index contributed by atoms with van der Waals surface area (Å²) < 4.78 is 32.2. The number of hydrogen-bond acceptors (Lipinski definition) is 5. The van der Waals surface area contributed by atoms with Crippen LogP contribution in [0.15, 0.2) is 23.1 Å². The molecule has 142 valence electrons. The SMILES string of the molecule is COc1ccc(C(=O)NC(C(=O)O)C2CC2)cc1S(=O)(=O)N1CCCC1. The number of carboxylic acid groups (broad SMARTS) is 1. The monoisotopic (exact) mass is 382 g/mol. The molecule has 0 spiro atoms. The molecule has 1 aromatic rings. The molecule has 8 nitrogen and oxygen atoms in total. The Morgan fingerprint density at radius 2 is 1.92 bits per heavy atom. The number of benzene rings is 1. The van der Waals surface area contributed by atoms with Crippen LogP contribution in [0, 0.1) is 5.92 Å². The van der Waals surface area contributed by atoms with Gasteiger partial charge in [0.05, 0.1) is 7.11 Å². The van der Waals surface area contributed by atoms with Gasteiger partial charge in [0, 0.05) is 18.7 Å². The van der Waals surface area contributed by atoms with Crippen molar-refractivity contribution in [1.82, 2.24) is 9.62 Å². The third-order valence-electron chi connectivity index (χ3n) is 4.75. The van der Waals surface area contributed by atoms with Crippen LogP contribution in [-0.2, 0) is 14.8 Å². The Hall–Kier alpha value is -2.13. The zero-order valence-corrected chi connectivity index (χ0v) is 15.3. The highest BCUT2D eigenvalue weighted by molar-refractivity contribution is 7.89. The Morgan fingerprint density at radius 3 is 2.46 bits per heavy atom. The highest BCUT2D eigenvalue weighted by atomic mass is 32.2. The number of methoxy groups -OCH3 is 1. The Bertz CT molecular complexity index is 813. The molecule has 2 aliphatic rings. The molecule has 2 N–H and O–H groups in total. The normalized spacial score (nSPS) is 19.1. The molecule has 1 unspecified atom stereocenters. The predicted octanol–water partition coefficient (Wildman–Crippen LogP) is 1.07. The van der Waals surface area contributed by atoms with Crippen LogP contribution in [0.5, 0.6) is 5.75 Å². The highest BCUT2D eigenvalue weighted by Crippen LogP contribution is 2.33. The molecule has 26 heavy (non-hydrogen) atoms. The molecule has 2 fully saturated rings. The third kappa shape index (κ3) is 3.68. The standard InChI is InChI=1S/C17H22N2O6S/c1-25-13-7-6-12(16(20)18-15(17(21)22)11-4-5-11)10-14(13)26(23,24)19-8-2-3-9-19/h6-7,10-11,15H,2-5,8-9H2,1H3,(H,18,20)(H,21,22). The van der Waals surface area contributed by atoms with E-state index in [1.54, 1.807) is 0 Å². The number of hydrogen-bond donors (Lipinski definition) is 2. The van der Waals surface area contributed by atoms with Crippen LogP contribution in [0.25, 0.3) is 0 Å². The van der Waals surface area contributed by atoms with Crippen molar-refractivity contribution in [3.8, 4) is 5.75 Å². The van der Waals surface area contributed by atoms with Crippen molar-refractivity contribution < 1.29 is 27.9 Å². The van der Waals surface area contributed by atoms with Crippen molar-refractivity contribution >= 4 is 21.9 Å². The van der Waals surface area contributed by atoms with E-state index in [-0.39, 0.29) is 22.1 Å². The maximum Gasteiger partial charge on any atom is 0.326 e. The minimum Gasteiger partial charge on any atom is -0.495 e. The number of aliphatic carboxylic acids is 1. The fourth-order valence-corrected chi connectivity index (χ4v) is 4.82. The zero-order valence-electron chi connectivity index (χ0n) is 14.5. The van der Waals surface area contributed by atoms with Gasteiger partial charge in [-0.3, -0.25) is 4.79 Å². The summed E-state index contributed by atoms with van der Waals surface area (Å²) in [7, 11) is -2.41. The molecule has 1 saturated heterocycles. The number of nitrogens with one attached hydrogen (secondary N) is 1. The average molecular weight is 382 g/mol. The predicted molar refractivity (Wildman–Crippen MR) is 92.6 cm³/mol. The van der Waals surface area contributed by atoms with Crippen LogP contribution in [0.2, 0.25) is 0 Å². The Balaban J connectivity index is 1.89. The van der Waals surface area contributed by atoms with E-state index >= 15 is 0 Å². The maximum absolute atomic E-state index is 12.9. The molecular formula is C17H22N2O6S. The summed E-state index contributed by atoms with van der Waals surface area (Å²) in [4.78, 5) is 23.7. The van der Waals surface area contributed by atoms with Gasteiger partial charge in [-0.25, -0.2) is 13.2 Å². The topological polar surface area (TPSA) is 113 Å². The van der Waals surface area contributed by atoms with Gasteiger partial charge in [-0.05, 0) is 49.8 Å². The quantitative estimate of drug-likeness (QED) is 0.729. The van der Waals surface area contributed by atoms with Crippen molar-refractivity contribution in [2.45, 2.75) is 36.6 Å². The van der Waals surface area contributed by atoms with E-state index < -0.39 is 27.9 Å². The smallest absolute Gasteiger partial charge is 0.326 e. The molecule has 0 aromatic heterocycles. The van der Waals surface area contributed by atoms with Crippen LogP contribution >= 0.6 is 0 Å². The summed E-state index contributed by atoms with van der Waals surface area (Å²) >= 11 is 0. The molecule has 1 heterocycles. The highest BCUT2D eigenvalue weighted by Gasteiger charge is 2.38. The van der Waals surface area contributed by atoms with Crippen molar-refractivity contribution in [2.75, 3.05) is 20.2 Å². The minimum atomic E-state index is -3.77.